The van der Waals surface area contributed by atoms with E-state index in [0.29, 0.717) is 0 Å². The van der Waals surface area contributed by atoms with Crippen LogP contribution in [0.3, 0.4) is 0 Å². The van der Waals surface area contributed by atoms with E-state index in [0.717, 1.165) is 47.0 Å². The molecule has 0 spiro atoms. The van der Waals surface area contributed by atoms with Crippen molar-refractivity contribution in [1.82, 2.24) is 19.9 Å². The van der Waals surface area contributed by atoms with Gasteiger partial charge in [-0.05, 0) is 59.7 Å². The summed E-state index contributed by atoms with van der Waals surface area (Å²) in [6.45, 7) is 1.74. The molecule has 1 fully saturated rings. The van der Waals surface area contributed by atoms with Crippen LogP contribution in [0.2, 0.25) is 0 Å². The van der Waals surface area contributed by atoms with E-state index in [1.807, 2.05) is 36.7 Å². The Balaban J connectivity index is 0.00000218. The summed E-state index contributed by atoms with van der Waals surface area (Å²) in [5.41, 5.74) is 4.40. The van der Waals surface area contributed by atoms with Crippen molar-refractivity contribution in [1.29, 1.82) is 0 Å². The Kier molecular flexibility index (Phi) is 6.16. The standard InChI is InChI=1S/C22H18BN6.Ir/c1-3-21(26-15-19(1)17-5-9-24-10-6-17)28-13-14-29(23-28)22-4-2-20(16-27-22)18-7-11-25-12-8-18;/h1-12,15-16H,13-14H2;. The number of hydrogen-bond acceptors (Lipinski definition) is 6. The van der Waals surface area contributed by atoms with Gasteiger partial charge in [0.15, 0.2) is 0 Å². The Morgan fingerprint density at radius 2 is 1.00 bits per heavy atom. The third-order valence-corrected chi connectivity index (χ3v) is 4.97. The zero-order valence-electron chi connectivity index (χ0n) is 16.1. The molecule has 5 heterocycles. The quantitative estimate of drug-likeness (QED) is 0.351. The topological polar surface area (TPSA) is 58.0 Å². The van der Waals surface area contributed by atoms with Gasteiger partial charge in [0.2, 0.25) is 0 Å². The summed E-state index contributed by atoms with van der Waals surface area (Å²) in [6.07, 6.45) is 11.0. The molecule has 0 aliphatic carbocycles. The van der Waals surface area contributed by atoms with Crippen molar-refractivity contribution < 1.29 is 20.1 Å². The first-order valence-corrected chi connectivity index (χ1v) is 9.48. The van der Waals surface area contributed by atoms with Gasteiger partial charge in [-0.1, -0.05) is 0 Å². The minimum absolute atomic E-state index is 0. The van der Waals surface area contributed by atoms with Gasteiger partial charge in [-0.3, -0.25) is 9.97 Å². The van der Waals surface area contributed by atoms with Crippen LogP contribution in [0.5, 0.6) is 0 Å². The molecule has 1 aliphatic rings. The van der Waals surface area contributed by atoms with Gasteiger partial charge in [0.25, 0.3) is 0 Å². The van der Waals surface area contributed by atoms with Crippen molar-refractivity contribution in [2.45, 2.75) is 0 Å². The monoisotopic (exact) mass is 570 g/mol. The van der Waals surface area contributed by atoms with Gasteiger partial charge >= 0.3 is 7.55 Å². The zero-order valence-corrected chi connectivity index (χ0v) is 18.5. The van der Waals surface area contributed by atoms with Crippen LogP contribution in [0.4, 0.5) is 11.6 Å². The van der Waals surface area contributed by atoms with Gasteiger partial charge in [0.1, 0.15) is 11.6 Å². The molecule has 0 aromatic carbocycles. The van der Waals surface area contributed by atoms with Crippen LogP contribution in [-0.2, 0) is 20.1 Å². The maximum atomic E-state index is 4.64. The van der Waals surface area contributed by atoms with Crippen molar-refractivity contribution in [2.24, 2.45) is 0 Å². The smallest absolute Gasteiger partial charge is 0.382 e. The zero-order chi connectivity index (χ0) is 19.5. The van der Waals surface area contributed by atoms with E-state index in [1.165, 1.54) is 0 Å². The number of hydrogen-bond donors (Lipinski definition) is 0. The second kappa shape index (κ2) is 9.16. The first-order chi connectivity index (χ1) is 14.4. The van der Waals surface area contributed by atoms with E-state index < -0.39 is 0 Å². The molecule has 6 nitrogen and oxygen atoms in total. The Morgan fingerprint density at radius 1 is 0.567 bits per heavy atom. The third kappa shape index (κ3) is 4.25. The molecule has 4 aromatic heterocycles. The van der Waals surface area contributed by atoms with Gasteiger partial charge < -0.3 is 9.62 Å². The van der Waals surface area contributed by atoms with Crippen LogP contribution in [0.1, 0.15) is 0 Å². The average molecular weight is 569 g/mol. The Labute approximate surface area is 189 Å². The molecule has 5 rings (SSSR count). The molecule has 0 saturated carbocycles. The molecule has 1 aliphatic heterocycles. The van der Waals surface area contributed by atoms with Crippen LogP contribution in [0, 0.1) is 0 Å². The molecule has 0 atom stereocenters. The molecule has 1 saturated heterocycles. The van der Waals surface area contributed by atoms with Crippen molar-refractivity contribution >= 4 is 19.2 Å². The molecule has 148 valence electrons. The van der Waals surface area contributed by atoms with E-state index in [2.05, 4.69) is 61.4 Å². The fourth-order valence-corrected chi connectivity index (χ4v) is 3.39. The third-order valence-electron chi connectivity index (χ3n) is 4.97. The molecule has 0 amide bonds. The maximum absolute atomic E-state index is 4.64. The molecule has 0 unspecified atom stereocenters. The van der Waals surface area contributed by atoms with Crippen LogP contribution in [0.15, 0.2) is 85.7 Å². The van der Waals surface area contributed by atoms with Gasteiger partial charge in [0.05, 0.1) is 0 Å². The van der Waals surface area contributed by atoms with Crippen LogP contribution < -0.4 is 9.62 Å². The molecule has 8 heteroatoms. The first-order valence-electron chi connectivity index (χ1n) is 9.48. The molecule has 0 bridgehead atoms. The summed E-state index contributed by atoms with van der Waals surface area (Å²) in [4.78, 5) is 21.7. The van der Waals surface area contributed by atoms with Gasteiger partial charge in [-0.2, -0.15) is 0 Å². The predicted octanol–water partition coefficient (Wildman–Crippen LogP) is 3.46. The van der Waals surface area contributed by atoms with Crippen LogP contribution >= 0.6 is 0 Å². The van der Waals surface area contributed by atoms with E-state index in [9.17, 15) is 0 Å². The van der Waals surface area contributed by atoms with Crippen LogP contribution in [0.25, 0.3) is 22.3 Å². The Bertz CT molecular complexity index is 989. The minimum atomic E-state index is 0. The number of rotatable bonds is 4. The van der Waals surface area contributed by atoms with Crippen molar-refractivity contribution in [3.05, 3.63) is 85.7 Å². The maximum Gasteiger partial charge on any atom is 0.394 e. The SMILES string of the molecule is [B]1N(c2ccc(-c3ccncc3)cn2)CCN1c1ccc(-c2ccncc2)cn1.[Ir]. The van der Waals surface area contributed by atoms with E-state index in [-0.39, 0.29) is 20.1 Å². The first kappa shape index (κ1) is 20.2. The summed E-state index contributed by atoms with van der Waals surface area (Å²) in [5.74, 6) is 1.86. The van der Waals surface area contributed by atoms with Crippen LogP contribution in [-0.4, -0.2) is 40.6 Å². The molecule has 2 radical (unpaired) electrons. The largest absolute Gasteiger partial charge is 0.394 e. The van der Waals surface area contributed by atoms with Gasteiger partial charge in [0, 0.05) is 81.5 Å². The fraction of sp³-hybridized carbons (Fsp3) is 0.0909. The molecular formula is C22H18BIrN6. The fourth-order valence-electron chi connectivity index (χ4n) is 3.39. The van der Waals surface area contributed by atoms with Gasteiger partial charge in [-0.15, -0.1) is 0 Å². The summed E-state index contributed by atoms with van der Waals surface area (Å²) in [6, 6.07) is 16.2. The summed E-state index contributed by atoms with van der Waals surface area (Å²) < 4.78 is 0. The van der Waals surface area contributed by atoms with Gasteiger partial charge in [-0.25, -0.2) is 9.97 Å². The normalized spacial score (nSPS) is 12.9. The van der Waals surface area contributed by atoms with E-state index in [1.54, 1.807) is 24.8 Å². The molecule has 0 N–H and O–H groups in total. The van der Waals surface area contributed by atoms with Crippen molar-refractivity contribution in [3.8, 4) is 22.3 Å². The van der Waals surface area contributed by atoms with Crippen molar-refractivity contribution in [3.63, 3.8) is 0 Å². The molecule has 4 aromatic rings. The van der Waals surface area contributed by atoms with Crippen molar-refractivity contribution in [2.75, 3.05) is 22.7 Å². The summed E-state index contributed by atoms with van der Waals surface area (Å²) >= 11 is 0. The second-order valence-electron chi connectivity index (χ2n) is 6.78. The predicted molar refractivity (Wildman–Crippen MR) is 115 cm³/mol. The Morgan fingerprint density at radius 3 is 1.37 bits per heavy atom. The Hall–Kier alpha value is -3.09. The summed E-state index contributed by atoms with van der Waals surface area (Å²) in [7, 11) is 2.07. The number of pyridine rings is 4. The molecular weight excluding hydrogens is 551 g/mol. The summed E-state index contributed by atoms with van der Waals surface area (Å²) in [5, 5.41) is 0. The number of anilines is 2. The minimum Gasteiger partial charge on any atom is -0.382 e. The van der Waals surface area contributed by atoms with E-state index >= 15 is 0 Å². The molecule has 30 heavy (non-hydrogen) atoms. The number of nitrogens with zero attached hydrogens (tertiary/aromatic N) is 6. The second-order valence-corrected chi connectivity index (χ2v) is 6.78. The number of aromatic nitrogens is 4. The average Bonchev–Trinajstić information content (AvgIpc) is 3.31. The van der Waals surface area contributed by atoms with E-state index in [4.69, 9.17) is 0 Å².